The van der Waals surface area contributed by atoms with Crippen LogP contribution in [0.25, 0.3) is 16.9 Å². The molecule has 24 heavy (non-hydrogen) atoms. The molecule has 3 rings (SSSR count). The molecule has 2 aromatic heterocycles. The number of carboxylic acids is 1. The van der Waals surface area contributed by atoms with E-state index in [2.05, 4.69) is 26.0 Å². The van der Waals surface area contributed by atoms with E-state index in [-0.39, 0.29) is 21.5 Å². The summed E-state index contributed by atoms with van der Waals surface area (Å²) >= 11 is 3.13. The Morgan fingerprint density at radius 3 is 2.42 bits per heavy atom. The van der Waals surface area contributed by atoms with Gasteiger partial charge in [0.05, 0.1) is 15.9 Å². The lowest BCUT2D eigenvalue weighted by Gasteiger charge is -2.09. The summed E-state index contributed by atoms with van der Waals surface area (Å²) in [7, 11) is 0. The molecular formula is C15H7BrF3N3O2. The zero-order chi connectivity index (χ0) is 17.4. The number of nitrogens with zero attached hydrogens (tertiary/aromatic N) is 3. The predicted molar refractivity (Wildman–Crippen MR) is 81.3 cm³/mol. The Morgan fingerprint density at radius 1 is 1.21 bits per heavy atom. The maximum absolute atomic E-state index is 13.5. The first-order valence-corrected chi connectivity index (χ1v) is 7.26. The highest BCUT2D eigenvalue weighted by Gasteiger charge is 2.24. The summed E-state index contributed by atoms with van der Waals surface area (Å²) < 4.78 is 41.3. The maximum atomic E-state index is 13.5. The number of benzene rings is 1. The first-order valence-electron chi connectivity index (χ1n) is 6.47. The van der Waals surface area contributed by atoms with Crippen LogP contribution >= 0.6 is 15.9 Å². The van der Waals surface area contributed by atoms with Crippen LogP contribution in [0.4, 0.5) is 13.2 Å². The van der Waals surface area contributed by atoms with E-state index >= 15 is 0 Å². The summed E-state index contributed by atoms with van der Waals surface area (Å²) in [4.78, 5) is 15.2. The molecule has 0 bridgehead atoms. The lowest BCUT2D eigenvalue weighted by Crippen LogP contribution is -2.04. The quantitative estimate of drug-likeness (QED) is 0.682. The van der Waals surface area contributed by atoms with E-state index in [0.29, 0.717) is 5.56 Å². The Kier molecular flexibility index (Phi) is 4.10. The molecule has 0 spiro atoms. The molecule has 0 aliphatic heterocycles. The van der Waals surface area contributed by atoms with Crippen LogP contribution in [-0.4, -0.2) is 25.8 Å². The number of aromatic carboxylic acids is 1. The van der Waals surface area contributed by atoms with Gasteiger partial charge >= 0.3 is 5.97 Å². The molecule has 0 radical (unpaired) electrons. The number of carboxylic acid groups (broad SMARTS) is 1. The Bertz CT molecular complexity index is 922. The SMILES string of the molecule is O=C(O)c1nn(-c2cc(F)c(F)c(F)c2)c(-c2cccnc2)c1Br. The largest absolute Gasteiger partial charge is 0.476 e. The van der Waals surface area contributed by atoms with E-state index in [1.807, 2.05) is 0 Å². The fraction of sp³-hybridized carbons (Fsp3) is 0. The van der Waals surface area contributed by atoms with Crippen molar-refractivity contribution in [3.63, 3.8) is 0 Å². The number of carbonyl (C=O) groups is 1. The highest BCUT2D eigenvalue weighted by atomic mass is 79.9. The molecule has 0 saturated heterocycles. The molecule has 0 unspecified atom stereocenters. The van der Waals surface area contributed by atoms with Crippen molar-refractivity contribution in [2.45, 2.75) is 0 Å². The normalized spacial score (nSPS) is 10.8. The summed E-state index contributed by atoms with van der Waals surface area (Å²) in [5, 5.41) is 13.1. The smallest absolute Gasteiger partial charge is 0.357 e. The van der Waals surface area contributed by atoms with Gasteiger partial charge in [-0.05, 0) is 28.1 Å². The molecule has 0 saturated carbocycles. The molecule has 9 heteroatoms. The van der Waals surface area contributed by atoms with Gasteiger partial charge in [-0.3, -0.25) is 4.98 Å². The topological polar surface area (TPSA) is 68.0 Å². The Morgan fingerprint density at radius 2 is 1.88 bits per heavy atom. The molecule has 0 atom stereocenters. The molecule has 1 N–H and O–H groups in total. The van der Waals surface area contributed by atoms with E-state index in [1.165, 1.54) is 12.4 Å². The van der Waals surface area contributed by atoms with E-state index in [9.17, 15) is 23.1 Å². The number of hydrogen-bond donors (Lipinski definition) is 1. The van der Waals surface area contributed by atoms with Gasteiger partial charge in [0.15, 0.2) is 23.1 Å². The third-order valence-corrected chi connectivity index (χ3v) is 3.93. The van der Waals surface area contributed by atoms with Gasteiger partial charge in [-0.25, -0.2) is 22.6 Å². The van der Waals surface area contributed by atoms with Crippen molar-refractivity contribution >= 4 is 21.9 Å². The molecule has 0 fully saturated rings. The highest BCUT2D eigenvalue weighted by molar-refractivity contribution is 9.10. The van der Waals surface area contributed by atoms with E-state index < -0.39 is 23.4 Å². The highest BCUT2D eigenvalue weighted by Crippen LogP contribution is 2.33. The molecule has 0 aliphatic carbocycles. The van der Waals surface area contributed by atoms with Crippen LogP contribution in [0.5, 0.6) is 0 Å². The maximum Gasteiger partial charge on any atom is 0.357 e. The fourth-order valence-electron chi connectivity index (χ4n) is 2.14. The van der Waals surface area contributed by atoms with Gasteiger partial charge in [-0.2, -0.15) is 5.10 Å². The van der Waals surface area contributed by atoms with Crippen molar-refractivity contribution in [1.29, 1.82) is 0 Å². The number of aromatic nitrogens is 3. The first kappa shape index (κ1) is 16.2. The minimum Gasteiger partial charge on any atom is -0.476 e. The van der Waals surface area contributed by atoms with Crippen LogP contribution in [-0.2, 0) is 0 Å². The van der Waals surface area contributed by atoms with Crippen molar-refractivity contribution < 1.29 is 23.1 Å². The minimum absolute atomic E-state index is 0.105. The first-order chi connectivity index (χ1) is 11.4. The summed E-state index contributed by atoms with van der Waals surface area (Å²) in [6, 6.07) is 4.67. The van der Waals surface area contributed by atoms with Crippen molar-refractivity contribution in [1.82, 2.24) is 14.8 Å². The Hall–Kier alpha value is -2.68. The third kappa shape index (κ3) is 2.67. The molecule has 122 valence electrons. The molecular weight excluding hydrogens is 391 g/mol. The molecule has 0 aliphatic rings. The second kappa shape index (κ2) is 6.08. The van der Waals surface area contributed by atoms with E-state index in [1.54, 1.807) is 12.1 Å². The van der Waals surface area contributed by atoms with Crippen LogP contribution < -0.4 is 0 Å². The second-order valence-corrected chi connectivity index (χ2v) is 5.49. The fourth-order valence-corrected chi connectivity index (χ4v) is 2.78. The standard InChI is InChI=1S/C15H7BrF3N3O2/c16-11-13(15(23)24)21-22(14(11)7-2-1-3-20-6-7)8-4-9(17)12(19)10(18)5-8/h1-6H,(H,23,24). The van der Waals surface area contributed by atoms with Crippen molar-refractivity contribution in [2.75, 3.05) is 0 Å². The minimum atomic E-state index is -1.62. The average molecular weight is 398 g/mol. The van der Waals surface area contributed by atoms with Crippen LogP contribution in [0.15, 0.2) is 41.1 Å². The van der Waals surface area contributed by atoms with Gasteiger partial charge in [0.25, 0.3) is 0 Å². The predicted octanol–water partition coefficient (Wildman–Crippen LogP) is 3.81. The number of rotatable bonds is 3. The van der Waals surface area contributed by atoms with Crippen LogP contribution in [0, 0.1) is 17.5 Å². The summed E-state index contributed by atoms with van der Waals surface area (Å²) in [5.41, 5.74) is 0.137. The summed E-state index contributed by atoms with van der Waals surface area (Å²) in [6.07, 6.45) is 2.94. The molecule has 3 aromatic rings. The Balaban J connectivity index is 2.32. The van der Waals surface area contributed by atoms with Gasteiger partial charge in [0.1, 0.15) is 0 Å². The zero-order valence-electron chi connectivity index (χ0n) is 11.7. The zero-order valence-corrected chi connectivity index (χ0v) is 13.3. The van der Waals surface area contributed by atoms with Crippen LogP contribution in [0.3, 0.4) is 0 Å². The van der Waals surface area contributed by atoms with Crippen LogP contribution in [0.1, 0.15) is 10.5 Å². The van der Waals surface area contributed by atoms with E-state index in [4.69, 9.17) is 0 Å². The summed E-state index contributed by atoms with van der Waals surface area (Å²) in [6.45, 7) is 0. The second-order valence-electron chi connectivity index (χ2n) is 4.69. The van der Waals surface area contributed by atoms with Crippen molar-refractivity contribution in [3.05, 3.63) is 64.3 Å². The van der Waals surface area contributed by atoms with Gasteiger partial charge < -0.3 is 5.11 Å². The van der Waals surface area contributed by atoms with Crippen molar-refractivity contribution in [3.8, 4) is 16.9 Å². The number of halogens is 4. The molecule has 1 aromatic carbocycles. The van der Waals surface area contributed by atoms with Gasteiger partial charge in [0, 0.05) is 30.1 Å². The number of pyridine rings is 1. The van der Waals surface area contributed by atoms with E-state index in [0.717, 1.165) is 16.8 Å². The lowest BCUT2D eigenvalue weighted by atomic mass is 10.2. The molecule has 2 heterocycles. The lowest BCUT2D eigenvalue weighted by molar-refractivity contribution is 0.0689. The van der Waals surface area contributed by atoms with Crippen LogP contribution in [0.2, 0.25) is 0 Å². The number of hydrogen-bond acceptors (Lipinski definition) is 3. The molecule has 0 amide bonds. The molecule has 5 nitrogen and oxygen atoms in total. The Labute approximate surface area is 141 Å². The monoisotopic (exact) mass is 397 g/mol. The summed E-state index contributed by atoms with van der Waals surface area (Å²) in [5.74, 6) is -5.78. The van der Waals surface area contributed by atoms with Gasteiger partial charge in [0.2, 0.25) is 0 Å². The third-order valence-electron chi connectivity index (χ3n) is 3.18. The average Bonchev–Trinajstić information content (AvgIpc) is 2.90. The van der Waals surface area contributed by atoms with Gasteiger partial charge in [-0.1, -0.05) is 0 Å². The van der Waals surface area contributed by atoms with Gasteiger partial charge in [-0.15, -0.1) is 0 Å². The van der Waals surface area contributed by atoms with Crippen molar-refractivity contribution in [2.24, 2.45) is 0 Å².